The van der Waals surface area contributed by atoms with Gasteiger partial charge in [0.2, 0.25) is 0 Å². The van der Waals surface area contributed by atoms with Crippen LogP contribution in [-0.2, 0) is 12.1 Å². The quantitative estimate of drug-likeness (QED) is 0.776. The fraction of sp³-hybridized carbons (Fsp3) is 0.667. The Kier molecular flexibility index (Phi) is 5.54. The van der Waals surface area contributed by atoms with Crippen LogP contribution < -0.4 is 10.6 Å². The molecule has 1 fully saturated rings. The Morgan fingerprint density at radius 1 is 1.24 bits per heavy atom. The van der Waals surface area contributed by atoms with Crippen LogP contribution in [0, 0.1) is 0 Å². The lowest BCUT2D eigenvalue weighted by Crippen LogP contribution is -2.62. The maximum absolute atomic E-state index is 11.6. The second-order valence-corrected chi connectivity index (χ2v) is 6.64. The fourth-order valence-corrected chi connectivity index (χ4v) is 3.65. The molecular weight excluding hydrogens is 309 g/mol. The molecular formula is C15H25Cl2N3O. The summed E-state index contributed by atoms with van der Waals surface area (Å²) in [6.45, 7) is 9.12. The number of nitrogens with zero attached hydrogens (tertiary/aromatic N) is 1. The third kappa shape index (κ3) is 3.29. The lowest BCUT2D eigenvalue weighted by molar-refractivity contribution is 0.101. The number of Topliss-reactive ketones (excluding diaryl/α,β-unsaturated/α-hetero) is 1. The molecule has 1 aromatic rings. The molecule has 6 heteroatoms. The van der Waals surface area contributed by atoms with Crippen molar-refractivity contribution in [2.45, 2.75) is 51.2 Å². The van der Waals surface area contributed by atoms with E-state index in [0.29, 0.717) is 0 Å². The average molecular weight is 334 g/mol. The molecule has 0 radical (unpaired) electrons. The second-order valence-electron chi connectivity index (χ2n) is 6.64. The van der Waals surface area contributed by atoms with Crippen LogP contribution >= 0.6 is 24.8 Å². The molecule has 2 N–H and O–H groups in total. The van der Waals surface area contributed by atoms with Gasteiger partial charge in [-0.2, -0.15) is 0 Å². The van der Waals surface area contributed by atoms with Crippen molar-refractivity contribution in [3.63, 3.8) is 0 Å². The van der Waals surface area contributed by atoms with E-state index in [-0.39, 0.29) is 41.7 Å². The third-order valence-electron chi connectivity index (χ3n) is 4.39. The summed E-state index contributed by atoms with van der Waals surface area (Å²) in [6, 6.07) is 2.09. The zero-order valence-electron chi connectivity index (χ0n) is 12.9. The van der Waals surface area contributed by atoms with Crippen molar-refractivity contribution in [3.05, 3.63) is 23.5 Å². The van der Waals surface area contributed by atoms with E-state index >= 15 is 0 Å². The van der Waals surface area contributed by atoms with E-state index in [9.17, 15) is 4.79 Å². The Hall–Kier alpha value is -0.550. The van der Waals surface area contributed by atoms with Gasteiger partial charge in [-0.05, 0) is 52.8 Å². The van der Waals surface area contributed by atoms with Crippen LogP contribution in [0.2, 0.25) is 0 Å². The molecule has 0 unspecified atom stereocenters. The molecule has 0 amide bonds. The Bertz CT molecular complexity index is 519. The van der Waals surface area contributed by atoms with E-state index in [1.165, 1.54) is 5.69 Å². The summed E-state index contributed by atoms with van der Waals surface area (Å²) in [5.74, 6) is 0.156. The van der Waals surface area contributed by atoms with Crippen LogP contribution in [0.1, 0.15) is 49.7 Å². The van der Waals surface area contributed by atoms with Gasteiger partial charge >= 0.3 is 0 Å². The maximum atomic E-state index is 11.6. The molecule has 3 rings (SSSR count). The number of rotatable bonds is 1. The normalized spacial score (nSPS) is 21.9. The lowest BCUT2D eigenvalue weighted by atomic mass is 9.80. The van der Waals surface area contributed by atoms with Crippen LogP contribution in [0.25, 0.3) is 0 Å². The van der Waals surface area contributed by atoms with Gasteiger partial charge in [0.25, 0.3) is 0 Å². The maximum Gasteiger partial charge on any atom is 0.161 e. The molecule has 0 saturated carbocycles. The highest BCUT2D eigenvalue weighted by Gasteiger charge is 2.44. The minimum atomic E-state index is 0. The Morgan fingerprint density at radius 3 is 2.43 bits per heavy atom. The molecule has 1 saturated heterocycles. The Labute approximate surface area is 138 Å². The van der Waals surface area contributed by atoms with Gasteiger partial charge < -0.3 is 9.88 Å². The van der Waals surface area contributed by atoms with Crippen LogP contribution in [-0.4, -0.2) is 29.0 Å². The summed E-state index contributed by atoms with van der Waals surface area (Å²) >= 11 is 0. The molecule has 2 aliphatic heterocycles. The van der Waals surface area contributed by atoms with Gasteiger partial charge in [0.05, 0.1) is 5.54 Å². The van der Waals surface area contributed by atoms with Crippen molar-refractivity contribution < 1.29 is 4.79 Å². The van der Waals surface area contributed by atoms with Gasteiger partial charge in [-0.3, -0.25) is 10.1 Å². The van der Waals surface area contributed by atoms with Crippen molar-refractivity contribution in [1.82, 2.24) is 15.2 Å². The van der Waals surface area contributed by atoms with Gasteiger partial charge in [0, 0.05) is 29.5 Å². The molecule has 1 spiro atoms. The van der Waals surface area contributed by atoms with E-state index < -0.39 is 0 Å². The first-order valence-electron chi connectivity index (χ1n) is 7.14. The number of ketones is 1. The number of halogens is 2. The van der Waals surface area contributed by atoms with E-state index in [0.717, 1.165) is 38.0 Å². The van der Waals surface area contributed by atoms with Gasteiger partial charge in [-0.1, -0.05) is 0 Å². The van der Waals surface area contributed by atoms with Crippen LogP contribution in [0.5, 0.6) is 0 Å². The number of carbonyl (C=O) groups excluding carboxylic acids is 1. The third-order valence-corrected chi connectivity index (χ3v) is 4.39. The van der Waals surface area contributed by atoms with E-state index in [2.05, 4.69) is 35.1 Å². The molecule has 120 valence electrons. The smallest absolute Gasteiger partial charge is 0.161 e. The molecule has 1 aromatic heterocycles. The van der Waals surface area contributed by atoms with Crippen molar-refractivity contribution in [2.24, 2.45) is 0 Å². The molecule has 2 aliphatic rings. The molecule has 0 bridgehead atoms. The minimum Gasteiger partial charge on any atom is -0.347 e. The van der Waals surface area contributed by atoms with Crippen LogP contribution in [0.15, 0.2) is 12.3 Å². The van der Waals surface area contributed by atoms with Crippen LogP contribution in [0.3, 0.4) is 0 Å². The van der Waals surface area contributed by atoms with Gasteiger partial charge in [-0.25, -0.2) is 0 Å². The number of aromatic nitrogens is 1. The summed E-state index contributed by atoms with van der Waals surface area (Å²) in [7, 11) is 0. The standard InChI is InChI=1S/C15H23N3O.2ClH/c1-11(19)12-8-13-15(4-6-16-7-5-15)17-14(2,3)10-18(13)9-12;;/h8-9,16-17H,4-7,10H2,1-3H3;2*1H. The summed E-state index contributed by atoms with van der Waals surface area (Å²) < 4.78 is 2.29. The first-order chi connectivity index (χ1) is 8.92. The lowest BCUT2D eigenvalue weighted by Gasteiger charge is -2.49. The molecule has 0 aromatic carbocycles. The zero-order valence-corrected chi connectivity index (χ0v) is 14.5. The number of carbonyl (C=O) groups is 1. The van der Waals surface area contributed by atoms with E-state index in [4.69, 9.17) is 0 Å². The Balaban J connectivity index is 0.00000110. The number of piperidine rings is 1. The molecule has 4 nitrogen and oxygen atoms in total. The average Bonchev–Trinajstić information content (AvgIpc) is 2.73. The van der Waals surface area contributed by atoms with E-state index in [1.54, 1.807) is 6.92 Å². The number of nitrogens with one attached hydrogen (secondary N) is 2. The first kappa shape index (κ1) is 18.5. The number of hydrogen-bond acceptors (Lipinski definition) is 3. The summed E-state index contributed by atoms with van der Waals surface area (Å²) in [6.07, 6.45) is 4.19. The van der Waals surface area contributed by atoms with Crippen molar-refractivity contribution >= 4 is 30.6 Å². The van der Waals surface area contributed by atoms with Crippen molar-refractivity contribution in [1.29, 1.82) is 0 Å². The highest BCUT2D eigenvalue weighted by Crippen LogP contribution is 2.38. The highest BCUT2D eigenvalue weighted by molar-refractivity contribution is 5.94. The fourth-order valence-electron chi connectivity index (χ4n) is 3.65. The van der Waals surface area contributed by atoms with Gasteiger partial charge in [-0.15, -0.1) is 24.8 Å². The first-order valence-corrected chi connectivity index (χ1v) is 7.14. The van der Waals surface area contributed by atoms with E-state index in [1.807, 2.05) is 6.20 Å². The van der Waals surface area contributed by atoms with Gasteiger partial charge in [0.15, 0.2) is 5.78 Å². The second kappa shape index (κ2) is 6.29. The monoisotopic (exact) mass is 333 g/mol. The van der Waals surface area contributed by atoms with Crippen molar-refractivity contribution in [3.8, 4) is 0 Å². The predicted molar refractivity (Wildman–Crippen MR) is 89.9 cm³/mol. The SMILES string of the molecule is CC(=O)c1cc2n(c1)CC(C)(C)NC21CCNCC1.Cl.Cl. The molecule has 21 heavy (non-hydrogen) atoms. The molecule has 3 heterocycles. The molecule has 0 atom stereocenters. The summed E-state index contributed by atoms with van der Waals surface area (Å²) in [5.41, 5.74) is 2.23. The Morgan fingerprint density at radius 2 is 1.86 bits per heavy atom. The summed E-state index contributed by atoms with van der Waals surface area (Å²) in [5, 5.41) is 7.27. The highest BCUT2D eigenvalue weighted by atomic mass is 35.5. The largest absolute Gasteiger partial charge is 0.347 e. The molecule has 0 aliphatic carbocycles. The minimum absolute atomic E-state index is 0. The number of fused-ring (bicyclic) bond motifs is 2. The van der Waals surface area contributed by atoms with Crippen LogP contribution in [0.4, 0.5) is 0 Å². The summed E-state index contributed by atoms with van der Waals surface area (Å²) in [4.78, 5) is 11.6. The number of hydrogen-bond donors (Lipinski definition) is 2. The predicted octanol–water partition coefficient (Wildman–Crippen LogP) is 2.49. The topological polar surface area (TPSA) is 46.1 Å². The zero-order chi connectivity index (χ0) is 13.7. The van der Waals surface area contributed by atoms with Crippen molar-refractivity contribution in [2.75, 3.05) is 13.1 Å². The van der Waals surface area contributed by atoms with Gasteiger partial charge in [0.1, 0.15) is 0 Å².